The topological polar surface area (TPSA) is 136 Å². The van der Waals surface area contributed by atoms with Gasteiger partial charge in [0.15, 0.2) is 5.82 Å². The van der Waals surface area contributed by atoms with Crippen molar-refractivity contribution >= 4 is 75.5 Å². The van der Waals surface area contributed by atoms with Crippen molar-refractivity contribution in [3.63, 3.8) is 0 Å². The van der Waals surface area contributed by atoms with Crippen LogP contribution in [0.1, 0.15) is 79.5 Å². The number of carbonyl (C=O) groups is 3. The summed E-state index contributed by atoms with van der Waals surface area (Å²) >= 11 is 18.7. The van der Waals surface area contributed by atoms with Crippen molar-refractivity contribution in [2.75, 3.05) is 10.6 Å². The molecule has 5 aromatic rings. The number of aliphatic carboxylic acids is 3. The molecule has 57 heavy (non-hydrogen) atoms. The van der Waals surface area contributed by atoms with Crippen LogP contribution in [0.4, 0.5) is 27.1 Å². The molecule has 0 fully saturated rings. The summed E-state index contributed by atoms with van der Waals surface area (Å²) in [6.07, 6.45) is 2.34. The van der Waals surface area contributed by atoms with Crippen LogP contribution in [-0.4, -0.2) is 33.2 Å². The minimum Gasteiger partial charge on any atom is -0.481 e. The summed E-state index contributed by atoms with van der Waals surface area (Å²) in [7, 11) is 0. The van der Waals surface area contributed by atoms with Gasteiger partial charge in [-0.25, -0.2) is 4.39 Å². The highest BCUT2D eigenvalue weighted by Crippen LogP contribution is 2.36. The van der Waals surface area contributed by atoms with E-state index in [1.165, 1.54) is 0 Å². The van der Waals surface area contributed by atoms with Crippen molar-refractivity contribution in [2.24, 2.45) is 0 Å². The Morgan fingerprint density at radius 1 is 0.579 bits per heavy atom. The van der Waals surface area contributed by atoms with Crippen LogP contribution in [0.25, 0.3) is 0 Å². The molecule has 0 saturated carbocycles. The fourth-order valence-electron chi connectivity index (χ4n) is 5.87. The summed E-state index contributed by atoms with van der Waals surface area (Å²) in [6, 6.07) is 27.3. The van der Waals surface area contributed by atoms with E-state index < -0.39 is 23.7 Å². The Morgan fingerprint density at radius 2 is 1.04 bits per heavy atom. The zero-order valence-corrected chi connectivity index (χ0v) is 34.8. The fourth-order valence-corrected chi connectivity index (χ4v) is 6.92. The van der Waals surface area contributed by atoms with Crippen LogP contribution < -0.4 is 10.6 Å². The van der Waals surface area contributed by atoms with E-state index in [9.17, 15) is 18.8 Å². The largest absolute Gasteiger partial charge is 0.481 e. The number of benzene rings is 5. The van der Waals surface area contributed by atoms with Gasteiger partial charge in [0.05, 0.1) is 35.7 Å². The molecule has 0 spiro atoms. The number of hydrogen-bond acceptors (Lipinski definition) is 5. The van der Waals surface area contributed by atoms with Gasteiger partial charge in [0, 0.05) is 27.0 Å². The highest BCUT2D eigenvalue weighted by atomic mass is 35.5. The molecule has 5 rings (SSSR count). The van der Waals surface area contributed by atoms with Crippen molar-refractivity contribution < 1.29 is 34.1 Å². The Balaban J connectivity index is 0.000000247. The Hall–Kier alpha value is -5.09. The number of rotatable bonds is 14. The summed E-state index contributed by atoms with van der Waals surface area (Å²) in [5, 5.41) is 34.5. The highest BCUT2D eigenvalue weighted by molar-refractivity contribution is 6.37. The second kappa shape index (κ2) is 22.6. The van der Waals surface area contributed by atoms with Crippen molar-refractivity contribution in [2.45, 2.75) is 79.1 Å². The number of nitrogens with one attached hydrogen (secondary N) is 2. The smallest absolute Gasteiger partial charge is 0.307 e. The first-order valence-electron chi connectivity index (χ1n) is 18.5. The van der Waals surface area contributed by atoms with Gasteiger partial charge < -0.3 is 26.0 Å². The van der Waals surface area contributed by atoms with E-state index in [-0.39, 0.29) is 25.2 Å². The van der Waals surface area contributed by atoms with Crippen LogP contribution in [0.5, 0.6) is 0 Å². The number of anilines is 4. The summed E-state index contributed by atoms with van der Waals surface area (Å²) in [4.78, 5) is 32.4. The van der Waals surface area contributed by atoms with Crippen LogP contribution in [-0.2, 0) is 52.9 Å². The lowest BCUT2D eigenvalue weighted by atomic mass is 10.0. The minimum atomic E-state index is -0.925. The van der Waals surface area contributed by atoms with Gasteiger partial charge in [-0.15, -0.1) is 0 Å². The molecule has 5 N–H and O–H groups in total. The monoisotopic (exact) mass is 836 g/mol. The predicted octanol–water partition coefficient (Wildman–Crippen LogP) is 12.3. The zero-order valence-electron chi connectivity index (χ0n) is 32.6. The lowest BCUT2D eigenvalue weighted by Crippen LogP contribution is -2.06. The Labute approximate surface area is 348 Å². The van der Waals surface area contributed by atoms with Crippen molar-refractivity contribution in [3.05, 3.63) is 151 Å². The number of hydrogen-bond donors (Lipinski definition) is 5. The molecule has 302 valence electrons. The van der Waals surface area contributed by atoms with Gasteiger partial charge >= 0.3 is 17.9 Å². The Kier molecular flexibility index (Phi) is 18.4. The average molecular weight is 838 g/mol. The van der Waals surface area contributed by atoms with Crippen molar-refractivity contribution in [1.29, 1.82) is 0 Å². The zero-order chi connectivity index (χ0) is 42.2. The maximum atomic E-state index is 14.7. The molecule has 0 radical (unpaired) electrons. The molecule has 0 saturated heterocycles. The first-order valence-corrected chi connectivity index (χ1v) is 19.6. The van der Waals surface area contributed by atoms with Crippen LogP contribution in [0.3, 0.4) is 0 Å². The summed E-state index contributed by atoms with van der Waals surface area (Å²) < 4.78 is 14.7. The number of aryl methyl sites for hydroxylation is 2. The summed E-state index contributed by atoms with van der Waals surface area (Å²) in [5.74, 6) is -3.03. The van der Waals surface area contributed by atoms with E-state index >= 15 is 0 Å². The second-order valence-electron chi connectivity index (χ2n) is 13.4. The molecule has 0 atom stereocenters. The van der Waals surface area contributed by atoms with Crippen molar-refractivity contribution in [1.82, 2.24) is 0 Å². The second-order valence-corrected chi connectivity index (χ2v) is 14.5. The van der Waals surface area contributed by atoms with Gasteiger partial charge in [-0.1, -0.05) is 124 Å². The Bertz CT molecular complexity index is 2160. The summed E-state index contributed by atoms with van der Waals surface area (Å²) in [5.41, 5.74) is 8.02. The average Bonchev–Trinajstić information content (AvgIpc) is 3.15. The van der Waals surface area contributed by atoms with Gasteiger partial charge in [0.1, 0.15) is 0 Å². The van der Waals surface area contributed by atoms with Gasteiger partial charge in [-0.3, -0.25) is 14.4 Å². The normalized spacial score (nSPS) is 10.5. The van der Waals surface area contributed by atoms with Gasteiger partial charge in [-0.2, -0.15) is 0 Å². The first-order chi connectivity index (χ1) is 27.1. The predicted molar refractivity (Wildman–Crippen MR) is 230 cm³/mol. The molecule has 0 bridgehead atoms. The number of halogens is 4. The molecule has 0 unspecified atom stereocenters. The maximum absolute atomic E-state index is 14.7. The SMILES string of the molecule is CCc1ccc(Nc2ccc(Cl)c(C(C)C)c2F)c(CC(=O)O)c1.CCc1ccc(Nc2ccc(Cl)c(CC)c2Cl)c(CC(=O)O)c1.O=C(O)Cc1ccccc1. The first kappa shape index (κ1) is 46.3. The third-order valence-electron chi connectivity index (χ3n) is 8.82. The van der Waals surface area contributed by atoms with Gasteiger partial charge in [0.25, 0.3) is 0 Å². The molecule has 8 nitrogen and oxygen atoms in total. The van der Waals surface area contributed by atoms with Crippen LogP contribution >= 0.6 is 34.8 Å². The molecular weight excluding hydrogens is 790 g/mol. The molecule has 0 amide bonds. The molecule has 5 aromatic carbocycles. The fraction of sp³-hybridized carbons (Fsp3) is 0.267. The van der Waals surface area contributed by atoms with E-state index in [2.05, 4.69) is 10.6 Å². The molecule has 12 heteroatoms. The molecular formula is C45H48Cl3FN2O6. The van der Waals surface area contributed by atoms with E-state index in [0.717, 1.165) is 58.5 Å². The van der Waals surface area contributed by atoms with Crippen LogP contribution in [0.2, 0.25) is 15.1 Å². The maximum Gasteiger partial charge on any atom is 0.307 e. The quantitative estimate of drug-likeness (QED) is 0.0746. The summed E-state index contributed by atoms with van der Waals surface area (Å²) in [6.45, 7) is 9.78. The van der Waals surface area contributed by atoms with Crippen molar-refractivity contribution in [3.8, 4) is 0 Å². The van der Waals surface area contributed by atoms with E-state index in [1.54, 1.807) is 36.4 Å². The lowest BCUT2D eigenvalue weighted by molar-refractivity contribution is -0.137. The lowest BCUT2D eigenvalue weighted by Gasteiger charge is -2.17. The minimum absolute atomic E-state index is 0.0397. The molecule has 0 aliphatic heterocycles. The molecule has 0 aromatic heterocycles. The van der Waals surface area contributed by atoms with Gasteiger partial charge in [-0.05, 0) is 95.0 Å². The Morgan fingerprint density at radius 3 is 1.49 bits per heavy atom. The third kappa shape index (κ3) is 14.1. The highest BCUT2D eigenvalue weighted by Gasteiger charge is 2.17. The number of carboxylic acids is 3. The van der Waals surface area contributed by atoms with E-state index in [4.69, 9.17) is 50.1 Å². The third-order valence-corrected chi connectivity index (χ3v) is 9.93. The van der Waals surface area contributed by atoms with Crippen LogP contribution in [0, 0.1) is 5.82 Å². The van der Waals surface area contributed by atoms with Gasteiger partial charge in [0.2, 0.25) is 0 Å². The van der Waals surface area contributed by atoms with Crippen LogP contribution in [0.15, 0.2) is 91.0 Å². The molecule has 0 aliphatic carbocycles. The molecule has 0 aliphatic rings. The molecule has 0 heterocycles. The van der Waals surface area contributed by atoms with E-state index in [1.807, 2.05) is 89.2 Å². The van der Waals surface area contributed by atoms with E-state index in [0.29, 0.717) is 37.6 Å². The number of carboxylic acid groups (broad SMARTS) is 3. The standard InChI is InChI=1S/C19H21ClFNO2.C18H19Cl2NO2.C8H8O2/c1-4-12-5-7-15(13(9-12)10-17(23)24)22-16-8-6-14(20)18(11(2)3)19(16)21;1-3-11-5-7-15(12(9-11)10-17(22)23)21-16-8-6-14(19)13(4-2)18(16)20;9-8(10)6-7-4-2-1-3-5-7/h5-9,11,22H,4,10H2,1-3H3,(H,23,24);5-9,21H,3-4,10H2,1-2H3,(H,22,23);1-5H,6H2,(H,9,10).